The molecule has 3 nitrogen and oxygen atoms in total. The van der Waals surface area contributed by atoms with Crippen LogP contribution in [0, 0.1) is 11.5 Å². The third-order valence-electron chi connectivity index (χ3n) is 2.75. The molecular weight excluding hydrogens is 314 g/mol. The lowest BCUT2D eigenvalue weighted by Crippen LogP contribution is -2.25. The number of hydrogen-bond acceptors (Lipinski definition) is 2. The monoisotopic (exact) mass is 335 g/mol. The fourth-order valence-corrected chi connectivity index (χ4v) is 2.45. The molecule has 0 bridgehead atoms. The van der Waals surface area contributed by atoms with Gasteiger partial charge in [0.25, 0.3) is 0 Å². The Bertz CT molecular complexity index is 624. The van der Waals surface area contributed by atoms with Crippen LogP contribution in [0.4, 0.5) is 0 Å². The molecular formula is C17H22ClNO2Si. The minimum absolute atomic E-state index is 0.00620. The molecule has 1 aromatic rings. The van der Waals surface area contributed by atoms with Gasteiger partial charge in [0.15, 0.2) is 0 Å². The van der Waals surface area contributed by atoms with Crippen molar-refractivity contribution in [2.75, 3.05) is 20.1 Å². The SMILES string of the molecule is CN(CC=C(C#C[Si](C)(C)C)c1ccccc1Cl)CC(=O)O. The van der Waals surface area contributed by atoms with Crippen molar-refractivity contribution in [3.8, 4) is 11.5 Å². The molecule has 0 fully saturated rings. The Kier molecular flexibility index (Phi) is 6.88. The number of carboxylic acids is 1. The van der Waals surface area contributed by atoms with E-state index in [0.717, 1.165) is 11.1 Å². The molecule has 1 rings (SSSR count). The van der Waals surface area contributed by atoms with Gasteiger partial charge in [0.05, 0.1) is 6.54 Å². The first-order valence-electron chi connectivity index (χ1n) is 7.07. The van der Waals surface area contributed by atoms with Gasteiger partial charge in [-0.2, -0.15) is 0 Å². The molecule has 0 saturated heterocycles. The van der Waals surface area contributed by atoms with E-state index in [1.807, 2.05) is 30.3 Å². The number of hydrogen-bond donors (Lipinski definition) is 1. The molecule has 0 radical (unpaired) electrons. The molecule has 0 heterocycles. The van der Waals surface area contributed by atoms with E-state index in [4.69, 9.17) is 16.7 Å². The maximum atomic E-state index is 10.7. The van der Waals surface area contributed by atoms with E-state index in [1.54, 1.807) is 11.9 Å². The standard InChI is InChI=1S/C17H22ClNO2Si/c1-19(13-17(20)21)11-9-14(10-12-22(2,3)4)15-7-5-6-8-16(15)18/h5-9H,11,13H2,1-4H3,(H,20,21). The number of likely N-dealkylation sites (N-methyl/N-ethyl adjacent to an activating group) is 1. The van der Waals surface area contributed by atoms with Gasteiger partial charge in [0.1, 0.15) is 8.07 Å². The average molecular weight is 336 g/mol. The van der Waals surface area contributed by atoms with Gasteiger partial charge in [0, 0.05) is 22.7 Å². The van der Waals surface area contributed by atoms with E-state index < -0.39 is 14.0 Å². The summed E-state index contributed by atoms with van der Waals surface area (Å²) < 4.78 is 0. The normalized spacial score (nSPS) is 12.0. The molecule has 0 atom stereocenters. The molecule has 0 amide bonds. The lowest BCUT2D eigenvalue weighted by atomic mass is 10.1. The number of carboxylic acid groups (broad SMARTS) is 1. The first-order chi connectivity index (χ1) is 10.2. The molecule has 0 unspecified atom stereocenters. The van der Waals surface area contributed by atoms with Crippen molar-refractivity contribution in [1.82, 2.24) is 4.90 Å². The van der Waals surface area contributed by atoms with Crippen LogP contribution >= 0.6 is 11.6 Å². The Morgan fingerprint density at radius 1 is 1.36 bits per heavy atom. The highest BCUT2D eigenvalue weighted by Crippen LogP contribution is 2.23. The van der Waals surface area contributed by atoms with Crippen LogP contribution in [0.3, 0.4) is 0 Å². The Morgan fingerprint density at radius 2 is 2.00 bits per heavy atom. The van der Waals surface area contributed by atoms with Crippen LogP contribution < -0.4 is 0 Å². The zero-order chi connectivity index (χ0) is 16.8. The number of carbonyl (C=O) groups is 1. The van der Waals surface area contributed by atoms with E-state index in [1.165, 1.54) is 0 Å². The molecule has 1 N–H and O–H groups in total. The maximum absolute atomic E-state index is 10.7. The van der Waals surface area contributed by atoms with Crippen molar-refractivity contribution in [3.63, 3.8) is 0 Å². The lowest BCUT2D eigenvalue weighted by molar-refractivity contribution is -0.137. The molecule has 1 aromatic carbocycles. The van der Waals surface area contributed by atoms with E-state index >= 15 is 0 Å². The van der Waals surface area contributed by atoms with Gasteiger partial charge >= 0.3 is 5.97 Å². The third-order valence-corrected chi connectivity index (χ3v) is 3.95. The summed E-state index contributed by atoms with van der Waals surface area (Å²) in [6.45, 7) is 7.04. The highest BCUT2D eigenvalue weighted by Gasteiger charge is 2.10. The van der Waals surface area contributed by atoms with Gasteiger partial charge in [0.2, 0.25) is 0 Å². The summed E-state index contributed by atoms with van der Waals surface area (Å²) in [5.74, 6) is 2.40. The number of nitrogens with zero attached hydrogens (tertiary/aromatic N) is 1. The van der Waals surface area contributed by atoms with Gasteiger partial charge in [-0.15, -0.1) is 5.54 Å². The fraction of sp³-hybridized carbons (Fsp3) is 0.353. The van der Waals surface area contributed by atoms with Gasteiger partial charge in [-0.3, -0.25) is 9.69 Å². The Morgan fingerprint density at radius 3 is 2.55 bits per heavy atom. The summed E-state index contributed by atoms with van der Waals surface area (Å²) in [6.07, 6.45) is 1.94. The highest BCUT2D eigenvalue weighted by molar-refractivity contribution is 6.84. The van der Waals surface area contributed by atoms with E-state index in [0.29, 0.717) is 11.6 Å². The molecule has 118 valence electrons. The molecule has 0 aliphatic carbocycles. The Balaban J connectivity index is 3.09. The molecule has 0 aromatic heterocycles. The molecule has 22 heavy (non-hydrogen) atoms. The largest absolute Gasteiger partial charge is 0.480 e. The second-order valence-electron chi connectivity index (χ2n) is 6.19. The number of halogens is 1. The number of allylic oxidation sites excluding steroid dienone is 1. The number of benzene rings is 1. The number of aliphatic carboxylic acids is 1. The van der Waals surface area contributed by atoms with Gasteiger partial charge in [-0.05, 0) is 13.1 Å². The summed E-state index contributed by atoms with van der Waals surface area (Å²) in [5, 5.41) is 9.47. The van der Waals surface area contributed by atoms with Crippen molar-refractivity contribution in [2.45, 2.75) is 19.6 Å². The minimum atomic E-state index is -1.51. The van der Waals surface area contributed by atoms with Crippen molar-refractivity contribution >= 4 is 31.2 Å². The Hall–Kier alpha value is -1.54. The second-order valence-corrected chi connectivity index (χ2v) is 11.3. The predicted octanol–water partition coefficient (Wildman–Crippen LogP) is 3.62. The van der Waals surface area contributed by atoms with E-state index in [9.17, 15) is 4.79 Å². The molecule has 0 saturated carbocycles. The van der Waals surface area contributed by atoms with Gasteiger partial charge < -0.3 is 5.11 Å². The van der Waals surface area contributed by atoms with E-state index in [-0.39, 0.29) is 6.54 Å². The van der Waals surface area contributed by atoms with Crippen LogP contribution in [0.15, 0.2) is 30.3 Å². The van der Waals surface area contributed by atoms with Crippen molar-refractivity contribution < 1.29 is 9.90 Å². The van der Waals surface area contributed by atoms with Crippen LogP contribution in [-0.4, -0.2) is 44.2 Å². The van der Waals surface area contributed by atoms with Crippen molar-refractivity contribution in [1.29, 1.82) is 0 Å². The lowest BCUT2D eigenvalue weighted by Gasteiger charge is -2.12. The van der Waals surface area contributed by atoms with Crippen LogP contribution in [0.2, 0.25) is 24.7 Å². The summed E-state index contributed by atoms with van der Waals surface area (Å²) >= 11 is 6.26. The van der Waals surface area contributed by atoms with E-state index in [2.05, 4.69) is 31.1 Å². The second kappa shape index (κ2) is 8.18. The quantitative estimate of drug-likeness (QED) is 0.660. The summed E-state index contributed by atoms with van der Waals surface area (Å²) in [5.41, 5.74) is 5.08. The summed E-state index contributed by atoms with van der Waals surface area (Å²) in [6, 6.07) is 7.57. The smallest absolute Gasteiger partial charge is 0.317 e. The Labute approximate surface area is 138 Å². The summed E-state index contributed by atoms with van der Waals surface area (Å²) in [4.78, 5) is 12.4. The molecule has 0 aliphatic heterocycles. The third kappa shape index (κ3) is 6.95. The van der Waals surface area contributed by atoms with Crippen LogP contribution in [0.25, 0.3) is 5.57 Å². The summed E-state index contributed by atoms with van der Waals surface area (Å²) in [7, 11) is 0.259. The number of rotatable bonds is 5. The van der Waals surface area contributed by atoms with Crippen molar-refractivity contribution in [3.05, 3.63) is 40.9 Å². The first-order valence-corrected chi connectivity index (χ1v) is 11.0. The zero-order valence-corrected chi connectivity index (χ0v) is 15.2. The zero-order valence-electron chi connectivity index (χ0n) is 13.5. The molecule has 0 spiro atoms. The van der Waals surface area contributed by atoms with Crippen molar-refractivity contribution in [2.24, 2.45) is 0 Å². The fourth-order valence-electron chi connectivity index (χ4n) is 1.71. The average Bonchev–Trinajstić information content (AvgIpc) is 2.38. The molecule has 5 heteroatoms. The van der Waals surface area contributed by atoms with Gasteiger partial charge in [-0.25, -0.2) is 0 Å². The van der Waals surface area contributed by atoms with Crippen LogP contribution in [0.1, 0.15) is 5.56 Å². The topological polar surface area (TPSA) is 40.5 Å². The first kappa shape index (κ1) is 18.5. The predicted molar refractivity (Wildman–Crippen MR) is 95.7 cm³/mol. The van der Waals surface area contributed by atoms with Crippen LogP contribution in [0.5, 0.6) is 0 Å². The minimum Gasteiger partial charge on any atom is -0.480 e. The maximum Gasteiger partial charge on any atom is 0.317 e. The molecule has 0 aliphatic rings. The van der Waals surface area contributed by atoms with Gasteiger partial charge in [-0.1, -0.05) is 61.4 Å². The van der Waals surface area contributed by atoms with Crippen LogP contribution in [-0.2, 0) is 4.79 Å². The highest BCUT2D eigenvalue weighted by atomic mass is 35.5.